The number of nitrogens with zero attached hydrogens (tertiary/aromatic N) is 2. The van der Waals surface area contributed by atoms with Crippen LogP contribution < -0.4 is 16.6 Å². The number of nitrogen functional groups attached to an aromatic ring is 1. The largest absolute Gasteiger partial charge is 0.355 e. The smallest absolute Gasteiger partial charge is 0.247 e. The molecule has 1 amide bonds. The van der Waals surface area contributed by atoms with Gasteiger partial charge in [0.15, 0.2) is 5.82 Å². The van der Waals surface area contributed by atoms with Crippen LogP contribution in [0.2, 0.25) is 0 Å². The van der Waals surface area contributed by atoms with E-state index in [-0.39, 0.29) is 29.7 Å². The van der Waals surface area contributed by atoms with Crippen LogP contribution in [0.15, 0.2) is 23.2 Å². The van der Waals surface area contributed by atoms with Crippen LogP contribution >= 0.6 is 0 Å². The standard InChI is InChI=1S/C10H15N5O3S/c11-14-10-8(3-1-4-13-10)19(17,18)15-6-2-5-12-9(16)7-15/h1,3-4H,2,5-7,11H2,(H,12,16)(H,13,14). The molecular formula is C10H15N5O3S. The molecule has 0 unspecified atom stereocenters. The van der Waals surface area contributed by atoms with E-state index < -0.39 is 10.0 Å². The highest BCUT2D eigenvalue weighted by Crippen LogP contribution is 2.22. The summed E-state index contributed by atoms with van der Waals surface area (Å²) in [4.78, 5) is 15.3. The van der Waals surface area contributed by atoms with Crippen LogP contribution in [0.4, 0.5) is 5.82 Å². The second kappa shape index (κ2) is 5.51. The van der Waals surface area contributed by atoms with Gasteiger partial charge in [-0.2, -0.15) is 4.31 Å². The monoisotopic (exact) mass is 285 g/mol. The minimum Gasteiger partial charge on any atom is -0.355 e. The van der Waals surface area contributed by atoms with Gasteiger partial charge in [-0.3, -0.25) is 4.79 Å². The first-order valence-corrected chi connectivity index (χ1v) is 7.18. The molecule has 0 radical (unpaired) electrons. The number of hydrazine groups is 1. The number of nitrogens with one attached hydrogen (secondary N) is 2. The highest BCUT2D eigenvalue weighted by Gasteiger charge is 2.30. The van der Waals surface area contributed by atoms with Crippen molar-refractivity contribution in [3.63, 3.8) is 0 Å². The van der Waals surface area contributed by atoms with Crippen molar-refractivity contribution in [3.05, 3.63) is 18.3 Å². The molecule has 0 saturated carbocycles. The van der Waals surface area contributed by atoms with Gasteiger partial charge in [0, 0.05) is 19.3 Å². The van der Waals surface area contributed by atoms with Crippen molar-refractivity contribution in [2.45, 2.75) is 11.3 Å². The van der Waals surface area contributed by atoms with Gasteiger partial charge in [-0.15, -0.1) is 0 Å². The van der Waals surface area contributed by atoms with E-state index in [2.05, 4.69) is 15.7 Å². The van der Waals surface area contributed by atoms with Gasteiger partial charge in [-0.05, 0) is 18.6 Å². The van der Waals surface area contributed by atoms with E-state index >= 15 is 0 Å². The van der Waals surface area contributed by atoms with E-state index in [1.54, 1.807) is 0 Å². The van der Waals surface area contributed by atoms with Crippen LogP contribution in [0, 0.1) is 0 Å². The van der Waals surface area contributed by atoms with E-state index in [0.717, 1.165) is 4.31 Å². The number of hydrogen-bond donors (Lipinski definition) is 3. The van der Waals surface area contributed by atoms with Crippen LogP contribution in [0.1, 0.15) is 6.42 Å². The number of carbonyl (C=O) groups excluding carboxylic acids is 1. The maximum atomic E-state index is 12.5. The van der Waals surface area contributed by atoms with Crippen LogP contribution in [0.5, 0.6) is 0 Å². The van der Waals surface area contributed by atoms with Crippen molar-refractivity contribution >= 4 is 21.7 Å². The molecule has 0 bridgehead atoms. The topological polar surface area (TPSA) is 117 Å². The maximum Gasteiger partial charge on any atom is 0.247 e. The number of amides is 1. The quantitative estimate of drug-likeness (QED) is 0.478. The lowest BCUT2D eigenvalue weighted by Gasteiger charge is -2.19. The average molecular weight is 285 g/mol. The molecule has 1 saturated heterocycles. The zero-order valence-electron chi connectivity index (χ0n) is 10.2. The third kappa shape index (κ3) is 2.83. The molecule has 0 aromatic carbocycles. The Morgan fingerprint density at radius 3 is 3.00 bits per heavy atom. The number of pyridine rings is 1. The lowest BCUT2D eigenvalue weighted by atomic mass is 10.4. The molecule has 9 heteroatoms. The molecule has 0 spiro atoms. The van der Waals surface area contributed by atoms with Crippen molar-refractivity contribution in [2.75, 3.05) is 25.1 Å². The van der Waals surface area contributed by atoms with E-state index in [0.29, 0.717) is 13.0 Å². The van der Waals surface area contributed by atoms with Gasteiger partial charge in [0.1, 0.15) is 4.90 Å². The number of anilines is 1. The Morgan fingerprint density at radius 2 is 2.26 bits per heavy atom. The molecule has 8 nitrogen and oxygen atoms in total. The summed E-state index contributed by atoms with van der Waals surface area (Å²) in [7, 11) is -3.79. The second-order valence-electron chi connectivity index (χ2n) is 4.04. The Morgan fingerprint density at radius 1 is 1.47 bits per heavy atom. The lowest BCUT2D eigenvalue weighted by Crippen LogP contribution is -2.37. The van der Waals surface area contributed by atoms with Crippen molar-refractivity contribution in [1.82, 2.24) is 14.6 Å². The van der Waals surface area contributed by atoms with Crippen molar-refractivity contribution in [2.24, 2.45) is 5.84 Å². The number of nitrogens with two attached hydrogens (primary N) is 1. The number of aromatic nitrogens is 1. The Bertz CT molecular complexity index is 574. The van der Waals surface area contributed by atoms with Crippen molar-refractivity contribution in [3.8, 4) is 0 Å². The summed E-state index contributed by atoms with van der Waals surface area (Å²) >= 11 is 0. The fraction of sp³-hybridized carbons (Fsp3) is 0.400. The minimum absolute atomic E-state index is 0.0350. The summed E-state index contributed by atoms with van der Waals surface area (Å²) in [5.74, 6) is 5.01. The first kappa shape index (κ1) is 13.7. The molecular weight excluding hydrogens is 270 g/mol. The molecule has 1 aliphatic rings. The summed E-state index contributed by atoms with van der Waals surface area (Å²) in [5.41, 5.74) is 2.25. The van der Waals surface area contributed by atoms with Crippen molar-refractivity contribution in [1.29, 1.82) is 0 Å². The highest BCUT2D eigenvalue weighted by molar-refractivity contribution is 7.89. The summed E-state index contributed by atoms with van der Waals surface area (Å²) in [6.07, 6.45) is 2.00. The van der Waals surface area contributed by atoms with E-state index in [4.69, 9.17) is 5.84 Å². The Balaban J connectivity index is 2.38. The van der Waals surface area contributed by atoms with Gasteiger partial charge in [-0.1, -0.05) is 0 Å². The third-order valence-corrected chi connectivity index (χ3v) is 4.63. The number of rotatable bonds is 3. The van der Waals surface area contributed by atoms with Crippen molar-refractivity contribution < 1.29 is 13.2 Å². The van der Waals surface area contributed by atoms with Gasteiger partial charge < -0.3 is 10.7 Å². The SMILES string of the molecule is NNc1ncccc1S(=O)(=O)N1CCCNC(=O)C1. The summed E-state index contributed by atoms with van der Waals surface area (Å²) in [6.45, 7) is 0.557. The maximum absolute atomic E-state index is 12.5. The number of hydrogen-bond acceptors (Lipinski definition) is 6. The molecule has 0 aliphatic carbocycles. The first-order valence-electron chi connectivity index (χ1n) is 5.74. The molecule has 2 heterocycles. The fourth-order valence-corrected chi connectivity index (χ4v) is 3.37. The molecule has 2 rings (SSSR count). The predicted octanol–water partition coefficient (Wildman–Crippen LogP) is -1.12. The zero-order chi connectivity index (χ0) is 13.9. The zero-order valence-corrected chi connectivity index (χ0v) is 11.0. The molecule has 1 aromatic heterocycles. The number of carbonyl (C=O) groups is 1. The highest BCUT2D eigenvalue weighted by atomic mass is 32.2. The lowest BCUT2D eigenvalue weighted by molar-refractivity contribution is -0.120. The molecule has 4 N–H and O–H groups in total. The van der Waals surface area contributed by atoms with Gasteiger partial charge in [0.05, 0.1) is 6.54 Å². The Hall–Kier alpha value is -1.71. The van der Waals surface area contributed by atoms with E-state index in [1.165, 1.54) is 18.3 Å². The van der Waals surface area contributed by atoms with Gasteiger partial charge >= 0.3 is 0 Å². The molecule has 1 aliphatic heterocycles. The van der Waals surface area contributed by atoms with E-state index in [1.807, 2.05) is 0 Å². The van der Waals surface area contributed by atoms with Gasteiger partial charge in [-0.25, -0.2) is 19.2 Å². The van der Waals surface area contributed by atoms with Crippen LogP contribution in [-0.2, 0) is 14.8 Å². The van der Waals surface area contributed by atoms with Gasteiger partial charge in [0.25, 0.3) is 0 Å². The third-order valence-electron chi connectivity index (χ3n) is 2.75. The van der Waals surface area contributed by atoms with Crippen LogP contribution in [0.25, 0.3) is 0 Å². The Kier molecular flexibility index (Phi) is 3.98. The second-order valence-corrected chi connectivity index (χ2v) is 5.94. The first-order chi connectivity index (χ1) is 9.05. The molecule has 1 aromatic rings. The predicted molar refractivity (Wildman–Crippen MR) is 68.4 cm³/mol. The molecule has 104 valence electrons. The van der Waals surface area contributed by atoms with Crippen LogP contribution in [0.3, 0.4) is 0 Å². The van der Waals surface area contributed by atoms with Crippen LogP contribution in [-0.4, -0.2) is 43.2 Å². The number of sulfonamides is 1. The van der Waals surface area contributed by atoms with E-state index in [9.17, 15) is 13.2 Å². The average Bonchev–Trinajstić information content (AvgIpc) is 2.64. The summed E-state index contributed by atoms with van der Waals surface area (Å²) in [5, 5.41) is 2.63. The molecule has 0 atom stereocenters. The van der Waals surface area contributed by atoms with Gasteiger partial charge in [0.2, 0.25) is 15.9 Å². The molecule has 1 fully saturated rings. The summed E-state index contributed by atoms with van der Waals surface area (Å²) in [6, 6.07) is 2.91. The fourth-order valence-electron chi connectivity index (χ4n) is 1.83. The Labute approximate surface area is 111 Å². The normalized spacial score (nSPS) is 17.6. The molecule has 19 heavy (non-hydrogen) atoms. The minimum atomic E-state index is -3.79. The summed E-state index contributed by atoms with van der Waals surface area (Å²) < 4.78 is 26.1.